The molecule has 0 saturated carbocycles. The van der Waals surface area contributed by atoms with Crippen LogP contribution < -0.4 is 4.74 Å². The van der Waals surface area contributed by atoms with Crippen LogP contribution in [0.5, 0.6) is 5.75 Å². The summed E-state index contributed by atoms with van der Waals surface area (Å²) in [7, 11) is 2.15. The van der Waals surface area contributed by atoms with Gasteiger partial charge < -0.3 is 14.5 Å². The Kier molecular flexibility index (Phi) is 6.60. The third-order valence-corrected chi connectivity index (χ3v) is 4.51. The Morgan fingerprint density at radius 3 is 2.52 bits per heavy atom. The normalized spacial score (nSPS) is 16.7. The molecule has 23 heavy (non-hydrogen) atoms. The monoisotopic (exact) mass is 318 g/mol. The Morgan fingerprint density at radius 1 is 1.22 bits per heavy atom. The lowest BCUT2D eigenvalue weighted by Gasteiger charge is -2.32. The van der Waals surface area contributed by atoms with Crippen molar-refractivity contribution in [2.24, 2.45) is 0 Å². The second kappa shape index (κ2) is 8.46. The quantitative estimate of drug-likeness (QED) is 0.724. The van der Waals surface area contributed by atoms with E-state index in [0.717, 1.165) is 49.6 Å². The topological polar surface area (TPSA) is 32.8 Å². The van der Waals surface area contributed by atoms with Crippen molar-refractivity contribution < 1.29 is 9.53 Å². The van der Waals surface area contributed by atoms with E-state index in [-0.39, 0.29) is 5.78 Å². The Labute approximate surface area is 140 Å². The number of rotatable bonds is 7. The molecule has 0 atom stereocenters. The molecule has 4 heteroatoms. The van der Waals surface area contributed by atoms with Gasteiger partial charge in [0, 0.05) is 44.7 Å². The average molecular weight is 318 g/mol. The largest absolute Gasteiger partial charge is 0.494 e. The van der Waals surface area contributed by atoms with E-state index < -0.39 is 0 Å². The minimum absolute atomic E-state index is 0.246. The van der Waals surface area contributed by atoms with Gasteiger partial charge in [-0.05, 0) is 43.7 Å². The predicted octanol–water partition coefficient (Wildman–Crippen LogP) is 3.03. The van der Waals surface area contributed by atoms with Gasteiger partial charge in [-0.2, -0.15) is 0 Å². The highest BCUT2D eigenvalue weighted by Crippen LogP contribution is 2.26. The third-order valence-electron chi connectivity index (χ3n) is 4.51. The molecule has 4 nitrogen and oxygen atoms in total. The molecule has 1 saturated heterocycles. The summed E-state index contributed by atoms with van der Waals surface area (Å²) in [5, 5.41) is 0. The number of benzene rings is 1. The van der Waals surface area contributed by atoms with Crippen molar-refractivity contribution in [2.45, 2.75) is 33.1 Å². The number of nitrogens with zero attached hydrogens (tertiary/aromatic N) is 2. The minimum atomic E-state index is 0.246. The maximum Gasteiger partial charge on any atom is 0.164 e. The van der Waals surface area contributed by atoms with Crippen LogP contribution in [0.25, 0.3) is 0 Å². The highest BCUT2D eigenvalue weighted by molar-refractivity contribution is 5.98. The van der Waals surface area contributed by atoms with Gasteiger partial charge in [0.25, 0.3) is 0 Å². The fourth-order valence-corrected chi connectivity index (χ4v) is 2.99. The molecule has 0 radical (unpaired) electrons. The molecule has 0 aliphatic carbocycles. The standard InChI is InChI=1S/C19H30N2O2/c1-5-23-16-6-7-17(18(14-16)15(2)3)19(22)8-9-21-12-10-20(4)11-13-21/h6-7,14-15H,5,8-13H2,1-4H3. The van der Waals surface area contributed by atoms with Crippen molar-refractivity contribution in [3.8, 4) is 5.75 Å². The minimum Gasteiger partial charge on any atom is -0.494 e. The highest BCUT2D eigenvalue weighted by Gasteiger charge is 2.18. The first-order chi connectivity index (χ1) is 11.0. The summed E-state index contributed by atoms with van der Waals surface area (Å²) in [6, 6.07) is 5.88. The van der Waals surface area contributed by atoms with E-state index >= 15 is 0 Å². The predicted molar refractivity (Wildman–Crippen MR) is 94.6 cm³/mol. The molecule has 0 aromatic heterocycles. The molecule has 1 fully saturated rings. The van der Waals surface area contributed by atoms with Gasteiger partial charge in [0.2, 0.25) is 0 Å². The van der Waals surface area contributed by atoms with E-state index in [4.69, 9.17) is 4.74 Å². The number of Topliss-reactive ketones (excluding diaryl/α,β-unsaturated/α-hetero) is 1. The molecule has 0 unspecified atom stereocenters. The Hall–Kier alpha value is -1.39. The van der Waals surface area contributed by atoms with E-state index in [1.165, 1.54) is 0 Å². The average Bonchev–Trinajstić information content (AvgIpc) is 2.54. The zero-order valence-corrected chi connectivity index (χ0v) is 15.0. The van der Waals surface area contributed by atoms with E-state index in [0.29, 0.717) is 18.9 Å². The summed E-state index contributed by atoms with van der Waals surface area (Å²) in [5.41, 5.74) is 1.96. The molecule has 1 heterocycles. The summed E-state index contributed by atoms with van der Waals surface area (Å²) in [4.78, 5) is 17.4. The zero-order valence-electron chi connectivity index (χ0n) is 15.0. The fraction of sp³-hybridized carbons (Fsp3) is 0.632. The molecular formula is C19H30N2O2. The van der Waals surface area contributed by atoms with Gasteiger partial charge in [0.05, 0.1) is 6.61 Å². The lowest BCUT2D eigenvalue weighted by Crippen LogP contribution is -2.45. The number of carbonyl (C=O) groups is 1. The number of hydrogen-bond donors (Lipinski definition) is 0. The van der Waals surface area contributed by atoms with Crippen LogP contribution in [0, 0.1) is 0 Å². The van der Waals surface area contributed by atoms with Crippen molar-refractivity contribution in [1.82, 2.24) is 9.80 Å². The number of hydrogen-bond acceptors (Lipinski definition) is 4. The van der Waals surface area contributed by atoms with Crippen LogP contribution in [0.1, 0.15) is 49.0 Å². The summed E-state index contributed by atoms with van der Waals surface area (Å²) < 4.78 is 5.57. The van der Waals surface area contributed by atoms with Crippen molar-refractivity contribution in [2.75, 3.05) is 46.4 Å². The Bertz CT molecular complexity index is 520. The number of ether oxygens (including phenoxy) is 1. The molecule has 0 amide bonds. The van der Waals surface area contributed by atoms with Crippen LogP contribution in [-0.4, -0.2) is 62.0 Å². The van der Waals surface area contributed by atoms with E-state index in [1.807, 2.05) is 25.1 Å². The maximum atomic E-state index is 12.7. The molecule has 128 valence electrons. The van der Waals surface area contributed by atoms with Crippen molar-refractivity contribution in [3.63, 3.8) is 0 Å². The maximum absolute atomic E-state index is 12.7. The molecule has 1 aliphatic rings. The van der Waals surface area contributed by atoms with Gasteiger partial charge in [-0.1, -0.05) is 13.8 Å². The van der Waals surface area contributed by atoms with Crippen LogP contribution in [0.15, 0.2) is 18.2 Å². The summed E-state index contributed by atoms with van der Waals surface area (Å²) in [6.45, 7) is 12.0. The molecule has 1 aliphatic heterocycles. The molecular weight excluding hydrogens is 288 g/mol. The molecule has 1 aromatic rings. The van der Waals surface area contributed by atoms with Gasteiger partial charge in [-0.15, -0.1) is 0 Å². The highest BCUT2D eigenvalue weighted by atomic mass is 16.5. The van der Waals surface area contributed by atoms with E-state index in [1.54, 1.807) is 0 Å². The first-order valence-electron chi connectivity index (χ1n) is 8.72. The molecule has 1 aromatic carbocycles. The van der Waals surface area contributed by atoms with Gasteiger partial charge in [0.15, 0.2) is 5.78 Å². The molecule has 2 rings (SSSR count). The van der Waals surface area contributed by atoms with Crippen LogP contribution >= 0.6 is 0 Å². The van der Waals surface area contributed by atoms with Crippen LogP contribution in [0.4, 0.5) is 0 Å². The van der Waals surface area contributed by atoms with Crippen LogP contribution in [0.3, 0.4) is 0 Å². The number of piperazine rings is 1. The van der Waals surface area contributed by atoms with Crippen molar-refractivity contribution >= 4 is 5.78 Å². The SMILES string of the molecule is CCOc1ccc(C(=O)CCN2CCN(C)CC2)c(C(C)C)c1. The number of ketones is 1. The molecule has 0 N–H and O–H groups in total. The lowest BCUT2D eigenvalue weighted by atomic mass is 9.93. The second-order valence-electron chi connectivity index (χ2n) is 6.65. The number of carbonyl (C=O) groups excluding carboxylic acids is 1. The van der Waals surface area contributed by atoms with Crippen molar-refractivity contribution in [3.05, 3.63) is 29.3 Å². The Morgan fingerprint density at radius 2 is 1.91 bits per heavy atom. The van der Waals surface area contributed by atoms with Crippen LogP contribution in [0.2, 0.25) is 0 Å². The van der Waals surface area contributed by atoms with Crippen molar-refractivity contribution in [1.29, 1.82) is 0 Å². The summed E-state index contributed by atoms with van der Waals surface area (Å²) in [5.74, 6) is 1.42. The fourth-order valence-electron chi connectivity index (χ4n) is 2.99. The number of likely N-dealkylation sites (N-methyl/N-ethyl adjacent to an activating group) is 1. The van der Waals surface area contributed by atoms with Gasteiger partial charge in [-0.25, -0.2) is 0 Å². The van der Waals surface area contributed by atoms with E-state index in [2.05, 4.69) is 30.7 Å². The smallest absolute Gasteiger partial charge is 0.164 e. The second-order valence-corrected chi connectivity index (χ2v) is 6.65. The first kappa shape index (κ1) is 18.0. The lowest BCUT2D eigenvalue weighted by molar-refractivity contribution is 0.0940. The van der Waals surface area contributed by atoms with Gasteiger partial charge in [-0.3, -0.25) is 4.79 Å². The molecule has 0 spiro atoms. The third kappa shape index (κ3) is 5.05. The Balaban J connectivity index is 2.00. The summed E-state index contributed by atoms with van der Waals surface area (Å²) >= 11 is 0. The zero-order chi connectivity index (χ0) is 16.8. The molecule has 0 bridgehead atoms. The van der Waals surface area contributed by atoms with E-state index in [9.17, 15) is 4.79 Å². The van der Waals surface area contributed by atoms with Gasteiger partial charge >= 0.3 is 0 Å². The first-order valence-corrected chi connectivity index (χ1v) is 8.72. The van der Waals surface area contributed by atoms with Gasteiger partial charge in [0.1, 0.15) is 5.75 Å². The summed E-state index contributed by atoms with van der Waals surface area (Å²) in [6.07, 6.45) is 0.595. The van der Waals surface area contributed by atoms with Crippen LogP contribution in [-0.2, 0) is 0 Å².